The summed E-state index contributed by atoms with van der Waals surface area (Å²) < 4.78 is 40.0. The number of rotatable bonds is 8. The van der Waals surface area contributed by atoms with Crippen molar-refractivity contribution in [3.8, 4) is 0 Å². The van der Waals surface area contributed by atoms with E-state index in [9.17, 15) is 13.2 Å². The van der Waals surface area contributed by atoms with Crippen LogP contribution in [0.25, 0.3) is 0 Å². The van der Waals surface area contributed by atoms with E-state index in [2.05, 4.69) is 20.4 Å². The lowest BCUT2D eigenvalue weighted by molar-refractivity contribution is -0.0331. The summed E-state index contributed by atoms with van der Waals surface area (Å²) in [4.78, 5) is 2.32. The summed E-state index contributed by atoms with van der Waals surface area (Å²) in [6.07, 6.45) is 1.99. The Kier molecular flexibility index (Phi) is 9.00. The summed E-state index contributed by atoms with van der Waals surface area (Å²) in [5.74, 6) is 1.77. The fourth-order valence-electron chi connectivity index (χ4n) is 1.51. The highest BCUT2D eigenvalue weighted by molar-refractivity contribution is 8.13. The summed E-state index contributed by atoms with van der Waals surface area (Å²) in [5.41, 5.74) is -4.19. The van der Waals surface area contributed by atoms with Gasteiger partial charge in [-0.25, -0.2) is 8.43 Å². The van der Waals surface area contributed by atoms with Crippen LogP contribution < -0.4 is 4.13 Å². The summed E-state index contributed by atoms with van der Waals surface area (Å²) in [5, 5.41) is 0. The second-order valence-electron chi connectivity index (χ2n) is 4.25. The standard InChI is InChI=1S/C10H20F3N3S3/c1-15-4-6-16(7-5-15)18-9-3-2-8-17-14-19-10(11,12)13/h14H,2-9H2,1H3. The molecule has 0 aromatic rings. The SMILES string of the molecule is CN1CCN(SCCCCSNSC(F)(F)F)CC1. The molecule has 114 valence electrons. The van der Waals surface area contributed by atoms with Gasteiger partial charge in [-0.05, 0) is 19.9 Å². The van der Waals surface area contributed by atoms with Crippen LogP contribution in [0.5, 0.6) is 0 Å². The molecule has 0 saturated carbocycles. The lowest BCUT2D eigenvalue weighted by Gasteiger charge is -2.31. The first-order chi connectivity index (χ1) is 8.97. The van der Waals surface area contributed by atoms with Gasteiger partial charge in [0.15, 0.2) is 0 Å². The van der Waals surface area contributed by atoms with Crippen molar-refractivity contribution < 1.29 is 13.2 Å². The molecule has 0 spiro atoms. The third kappa shape index (κ3) is 10.1. The molecule has 1 saturated heterocycles. The Morgan fingerprint density at radius 1 is 1.05 bits per heavy atom. The molecule has 0 unspecified atom stereocenters. The van der Waals surface area contributed by atoms with Crippen molar-refractivity contribution in [1.29, 1.82) is 0 Å². The highest BCUT2D eigenvalue weighted by Crippen LogP contribution is 2.29. The van der Waals surface area contributed by atoms with E-state index in [0.717, 1.165) is 56.7 Å². The molecule has 0 bridgehead atoms. The second kappa shape index (κ2) is 9.62. The maximum atomic E-state index is 11.8. The predicted octanol–water partition coefficient (Wildman–Crippen LogP) is 3.07. The van der Waals surface area contributed by atoms with Crippen LogP contribution >= 0.6 is 35.8 Å². The minimum Gasteiger partial charge on any atom is -0.304 e. The number of nitrogens with one attached hydrogen (secondary N) is 1. The molecule has 1 aliphatic rings. The zero-order valence-corrected chi connectivity index (χ0v) is 13.4. The molecular weight excluding hydrogens is 315 g/mol. The van der Waals surface area contributed by atoms with Crippen LogP contribution in [-0.4, -0.2) is 59.4 Å². The Bertz CT molecular complexity index is 236. The van der Waals surface area contributed by atoms with Gasteiger partial charge in [-0.3, -0.25) is 0 Å². The summed E-state index contributed by atoms with van der Waals surface area (Å²) >= 11 is 2.80. The first-order valence-electron chi connectivity index (χ1n) is 6.15. The van der Waals surface area contributed by atoms with E-state index in [1.165, 1.54) is 0 Å². The van der Waals surface area contributed by atoms with Crippen molar-refractivity contribution in [2.45, 2.75) is 18.3 Å². The number of alkyl halides is 3. The fraction of sp³-hybridized carbons (Fsp3) is 1.00. The van der Waals surface area contributed by atoms with E-state index < -0.39 is 5.51 Å². The molecular formula is C10H20F3N3S3. The summed E-state index contributed by atoms with van der Waals surface area (Å²) in [6, 6.07) is 0. The van der Waals surface area contributed by atoms with Gasteiger partial charge in [0.2, 0.25) is 0 Å². The van der Waals surface area contributed by atoms with Crippen molar-refractivity contribution >= 4 is 35.8 Å². The molecule has 3 nitrogen and oxygen atoms in total. The maximum Gasteiger partial charge on any atom is 0.456 e. The molecule has 1 fully saturated rings. The maximum absolute atomic E-state index is 11.8. The minimum absolute atomic E-state index is 0.185. The number of likely N-dealkylation sites (N-methyl/N-ethyl adjacent to an activating group) is 1. The molecule has 0 amide bonds. The molecule has 0 aromatic heterocycles. The van der Waals surface area contributed by atoms with Crippen molar-refractivity contribution in [3.63, 3.8) is 0 Å². The Labute approximate surface area is 125 Å². The number of hydrogen-bond acceptors (Lipinski definition) is 6. The van der Waals surface area contributed by atoms with Gasteiger partial charge < -0.3 is 4.90 Å². The summed E-state index contributed by atoms with van der Waals surface area (Å²) in [6.45, 7) is 4.42. The van der Waals surface area contributed by atoms with Gasteiger partial charge in [0.05, 0.1) is 0 Å². The van der Waals surface area contributed by atoms with Crippen molar-refractivity contribution in [2.75, 3.05) is 44.7 Å². The van der Waals surface area contributed by atoms with Crippen molar-refractivity contribution in [1.82, 2.24) is 13.3 Å². The van der Waals surface area contributed by atoms with Crippen LogP contribution in [0.1, 0.15) is 12.8 Å². The normalized spacial score (nSPS) is 18.9. The van der Waals surface area contributed by atoms with Gasteiger partial charge in [0.25, 0.3) is 0 Å². The minimum atomic E-state index is -4.19. The van der Waals surface area contributed by atoms with Crippen LogP contribution in [0, 0.1) is 0 Å². The molecule has 0 aliphatic carbocycles. The summed E-state index contributed by atoms with van der Waals surface area (Å²) in [7, 11) is 2.13. The first kappa shape index (κ1) is 17.8. The van der Waals surface area contributed by atoms with E-state index in [1.807, 2.05) is 11.9 Å². The van der Waals surface area contributed by atoms with Gasteiger partial charge >= 0.3 is 5.51 Å². The fourth-order valence-corrected chi connectivity index (χ4v) is 3.81. The molecule has 1 N–H and O–H groups in total. The van der Waals surface area contributed by atoms with Crippen LogP contribution in [0.15, 0.2) is 0 Å². The van der Waals surface area contributed by atoms with Crippen LogP contribution in [0.3, 0.4) is 0 Å². The molecule has 1 aliphatic heterocycles. The largest absolute Gasteiger partial charge is 0.456 e. The molecule has 19 heavy (non-hydrogen) atoms. The molecule has 0 radical (unpaired) electrons. The monoisotopic (exact) mass is 335 g/mol. The van der Waals surface area contributed by atoms with Crippen molar-refractivity contribution in [2.24, 2.45) is 0 Å². The molecule has 0 aromatic carbocycles. The Morgan fingerprint density at radius 2 is 1.68 bits per heavy atom. The number of unbranched alkanes of at least 4 members (excludes halogenated alkanes) is 1. The molecule has 1 rings (SSSR count). The Hall–Kier alpha value is 0.720. The first-order valence-corrected chi connectivity index (χ1v) is 8.90. The molecule has 9 heteroatoms. The van der Waals surface area contributed by atoms with Gasteiger partial charge in [0.1, 0.15) is 0 Å². The van der Waals surface area contributed by atoms with E-state index >= 15 is 0 Å². The highest BCUT2D eigenvalue weighted by Gasteiger charge is 2.28. The average molecular weight is 335 g/mol. The number of nitrogens with zero attached hydrogens (tertiary/aromatic N) is 2. The number of hydrogen-bond donors (Lipinski definition) is 1. The predicted molar refractivity (Wildman–Crippen MR) is 80.0 cm³/mol. The van der Waals surface area contributed by atoms with E-state index in [4.69, 9.17) is 0 Å². The van der Waals surface area contributed by atoms with Gasteiger partial charge in [-0.15, -0.1) is 0 Å². The van der Waals surface area contributed by atoms with Gasteiger partial charge in [-0.1, -0.05) is 23.9 Å². The van der Waals surface area contributed by atoms with Crippen LogP contribution in [-0.2, 0) is 0 Å². The highest BCUT2D eigenvalue weighted by atomic mass is 32.2. The zero-order chi connectivity index (χ0) is 14.1. The Morgan fingerprint density at radius 3 is 2.32 bits per heavy atom. The quantitative estimate of drug-likeness (QED) is 0.539. The Balaban J connectivity index is 1.84. The number of halogens is 3. The third-order valence-electron chi connectivity index (χ3n) is 2.59. The van der Waals surface area contributed by atoms with Crippen LogP contribution in [0.4, 0.5) is 13.2 Å². The van der Waals surface area contributed by atoms with Gasteiger partial charge in [0, 0.05) is 49.6 Å². The smallest absolute Gasteiger partial charge is 0.304 e. The molecule has 1 heterocycles. The van der Waals surface area contributed by atoms with Crippen molar-refractivity contribution in [3.05, 3.63) is 0 Å². The van der Waals surface area contributed by atoms with E-state index in [-0.39, 0.29) is 11.9 Å². The lowest BCUT2D eigenvalue weighted by atomic mass is 10.4. The van der Waals surface area contributed by atoms with Gasteiger partial charge in [-0.2, -0.15) is 13.2 Å². The topological polar surface area (TPSA) is 18.5 Å². The van der Waals surface area contributed by atoms with Crippen LogP contribution in [0.2, 0.25) is 0 Å². The number of piperazine rings is 1. The zero-order valence-electron chi connectivity index (χ0n) is 10.9. The van der Waals surface area contributed by atoms with E-state index in [1.54, 1.807) is 0 Å². The third-order valence-corrected chi connectivity index (χ3v) is 5.32. The lowest BCUT2D eigenvalue weighted by Crippen LogP contribution is -2.41. The second-order valence-corrected chi connectivity index (χ2v) is 7.47. The molecule has 0 atom stereocenters. The van der Waals surface area contributed by atoms with E-state index in [0.29, 0.717) is 5.75 Å². The average Bonchev–Trinajstić information content (AvgIpc) is 2.33.